The number of hydrogen-bond donors (Lipinski definition) is 0. The Kier molecular flexibility index (Phi) is 6.84. The van der Waals surface area contributed by atoms with Gasteiger partial charge in [-0.05, 0) is 6.42 Å². The predicted octanol–water partition coefficient (Wildman–Crippen LogP) is 1.30. The molecule has 2 unspecified atom stereocenters. The summed E-state index contributed by atoms with van der Waals surface area (Å²) in [7, 11) is -3.09. The van der Waals surface area contributed by atoms with E-state index in [2.05, 4.69) is 0 Å². The largest absolute Gasteiger partial charge is 0.337 e. The van der Waals surface area contributed by atoms with Gasteiger partial charge in [-0.1, -0.05) is 27.7 Å². The number of piperazine rings is 1. The van der Waals surface area contributed by atoms with Crippen molar-refractivity contribution in [3.63, 3.8) is 0 Å². The van der Waals surface area contributed by atoms with Crippen molar-refractivity contribution in [2.75, 3.05) is 19.3 Å². The molecule has 18 heavy (non-hydrogen) atoms. The monoisotopic (exact) mass is 278 g/mol. The zero-order valence-corrected chi connectivity index (χ0v) is 13.1. The molecule has 6 heteroatoms. The van der Waals surface area contributed by atoms with Gasteiger partial charge in [0, 0.05) is 32.1 Å². The number of hydrogen-bond acceptors (Lipinski definition) is 3. The van der Waals surface area contributed by atoms with E-state index < -0.39 is 10.0 Å². The Balaban J connectivity index is 0.000000659. The highest BCUT2D eigenvalue weighted by Gasteiger charge is 2.47. The zero-order chi connectivity index (χ0) is 14.5. The van der Waals surface area contributed by atoms with Gasteiger partial charge in [-0.25, -0.2) is 8.42 Å². The van der Waals surface area contributed by atoms with Crippen LogP contribution in [0.3, 0.4) is 0 Å². The van der Waals surface area contributed by atoms with Gasteiger partial charge >= 0.3 is 0 Å². The van der Waals surface area contributed by atoms with Gasteiger partial charge in [0.15, 0.2) is 0 Å². The maximum Gasteiger partial charge on any atom is 0.219 e. The van der Waals surface area contributed by atoms with Crippen LogP contribution in [0.25, 0.3) is 0 Å². The minimum Gasteiger partial charge on any atom is -0.337 e. The molecule has 2 fully saturated rings. The second-order valence-corrected chi connectivity index (χ2v) is 5.98. The Bertz CT molecular complexity index is 368. The first-order valence-corrected chi connectivity index (χ1v) is 8.48. The van der Waals surface area contributed by atoms with Crippen molar-refractivity contribution in [3.05, 3.63) is 0 Å². The molecule has 0 aromatic heterocycles. The Labute approximate surface area is 111 Å². The summed E-state index contributed by atoms with van der Waals surface area (Å²) in [5, 5.41) is 0. The van der Waals surface area contributed by atoms with Crippen molar-refractivity contribution >= 4 is 15.9 Å². The molecular formula is C12H26N2O3S. The summed E-state index contributed by atoms with van der Waals surface area (Å²) in [4.78, 5) is 12.9. The first kappa shape index (κ1) is 17.4. The Morgan fingerprint density at radius 2 is 1.56 bits per heavy atom. The third-order valence-corrected chi connectivity index (χ3v) is 4.32. The van der Waals surface area contributed by atoms with Crippen LogP contribution in [-0.4, -0.2) is 55.0 Å². The predicted molar refractivity (Wildman–Crippen MR) is 73.8 cm³/mol. The molecule has 5 nitrogen and oxygen atoms in total. The molecular weight excluding hydrogens is 252 g/mol. The SMILES string of the molecule is CC.CC.CC(=O)N1CC2CC1CN2S(C)(=O)=O. The lowest BCUT2D eigenvalue weighted by molar-refractivity contribution is -0.130. The normalized spacial score (nSPS) is 26.0. The van der Waals surface area contributed by atoms with Crippen LogP contribution in [0.5, 0.6) is 0 Å². The van der Waals surface area contributed by atoms with Gasteiger partial charge in [-0.15, -0.1) is 0 Å². The van der Waals surface area contributed by atoms with Crippen LogP contribution in [0.1, 0.15) is 41.0 Å². The van der Waals surface area contributed by atoms with Crippen LogP contribution in [0.2, 0.25) is 0 Å². The van der Waals surface area contributed by atoms with E-state index in [0.29, 0.717) is 13.1 Å². The van der Waals surface area contributed by atoms with E-state index >= 15 is 0 Å². The van der Waals surface area contributed by atoms with Crippen LogP contribution in [0.4, 0.5) is 0 Å². The zero-order valence-electron chi connectivity index (χ0n) is 12.3. The van der Waals surface area contributed by atoms with Gasteiger partial charge in [-0.3, -0.25) is 4.79 Å². The van der Waals surface area contributed by atoms with Gasteiger partial charge < -0.3 is 4.90 Å². The summed E-state index contributed by atoms with van der Waals surface area (Å²) in [5.41, 5.74) is 0. The van der Waals surface area contributed by atoms with Crippen molar-refractivity contribution in [2.45, 2.75) is 53.1 Å². The molecule has 2 saturated heterocycles. The number of carbonyl (C=O) groups excluding carboxylic acids is 1. The van der Waals surface area contributed by atoms with E-state index in [1.54, 1.807) is 4.90 Å². The number of likely N-dealkylation sites (tertiary alicyclic amines) is 1. The molecule has 2 rings (SSSR count). The van der Waals surface area contributed by atoms with Crippen LogP contribution in [-0.2, 0) is 14.8 Å². The summed E-state index contributed by atoms with van der Waals surface area (Å²) in [6, 6.07) is 0.117. The summed E-state index contributed by atoms with van der Waals surface area (Å²) < 4.78 is 24.2. The second-order valence-electron chi connectivity index (χ2n) is 4.05. The molecule has 108 valence electrons. The lowest BCUT2D eigenvalue weighted by Crippen LogP contribution is -2.49. The fourth-order valence-corrected chi connectivity index (χ4v) is 3.56. The summed E-state index contributed by atoms with van der Waals surface area (Å²) in [6.07, 6.45) is 2.03. The third-order valence-electron chi connectivity index (χ3n) is 3.02. The highest BCUT2D eigenvalue weighted by molar-refractivity contribution is 7.88. The molecule has 0 aromatic rings. The first-order valence-electron chi connectivity index (χ1n) is 6.63. The topological polar surface area (TPSA) is 57.7 Å². The van der Waals surface area contributed by atoms with Gasteiger partial charge in [0.25, 0.3) is 0 Å². The van der Waals surface area contributed by atoms with Crippen LogP contribution in [0, 0.1) is 0 Å². The minimum absolute atomic E-state index is 0.0129. The Morgan fingerprint density at radius 1 is 1.06 bits per heavy atom. The minimum atomic E-state index is -3.09. The number of fused-ring (bicyclic) bond motifs is 2. The second kappa shape index (κ2) is 7.09. The average Bonchev–Trinajstić information content (AvgIpc) is 2.92. The van der Waals surface area contributed by atoms with Crippen molar-refractivity contribution in [3.8, 4) is 0 Å². The van der Waals surface area contributed by atoms with Crippen LogP contribution in [0.15, 0.2) is 0 Å². The molecule has 2 bridgehead atoms. The van der Waals surface area contributed by atoms with Gasteiger partial charge in [0.2, 0.25) is 15.9 Å². The maximum absolute atomic E-state index is 11.3. The van der Waals surface area contributed by atoms with E-state index in [-0.39, 0.29) is 18.0 Å². The van der Waals surface area contributed by atoms with Crippen molar-refractivity contribution in [1.29, 1.82) is 0 Å². The molecule has 0 spiro atoms. The van der Waals surface area contributed by atoms with Crippen molar-refractivity contribution < 1.29 is 13.2 Å². The lowest BCUT2D eigenvalue weighted by Gasteiger charge is -2.32. The molecule has 0 aliphatic carbocycles. The maximum atomic E-state index is 11.3. The van der Waals surface area contributed by atoms with E-state index in [9.17, 15) is 13.2 Å². The molecule has 0 radical (unpaired) electrons. The first-order chi connectivity index (χ1) is 8.39. The van der Waals surface area contributed by atoms with E-state index in [4.69, 9.17) is 0 Å². The van der Waals surface area contributed by atoms with Crippen molar-refractivity contribution in [1.82, 2.24) is 9.21 Å². The number of nitrogens with zero attached hydrogens (tertiary/aromatic N) is 2. The van der Waals surface area contributed by atoms with Gasteiger partial charge in [0.1, 0.15) is 0 Å². The Hall–Kier alpha value is -0.620. The number of carbonyl (C=O) groups is 1. The molecule has 2 aliphatic heterocycles. The number of rotatable bonds is 1. The fourth-order valence-electron chi connectivity index (χ4n) is 2.42. The lowest BCUT2D eigenvalue weighted by atomic mass is 10.2. The number of amides is 1. The molecule has 2 atom stereocenters. The van der Waals surface area contributed by atoms with Gasteiger partial charge in [0.05, 0.1) is 6.26 Å². The van der Waals surface area contributed by atoms with E-state index in [0.717, 1.165) is 6.42 Å². The molecule has 1 amide bonds. The molecule has 2 heterocycles. The van der Waals surface area contributed by atoms with Crippen LogP contribution < -0.4 is 0 Å². The summed E-state index contributed by atoms with van der Waals surface area (Å²) in [5.74, 6) is 0.0469. The fraction of sp³-hybridized carbons (Fsp3) is 0.917. The highest BCUT2D eigenvalue weighted by atomic mass is 32.2. The summed E-state index contributed by atoms with van der Waals surface area (Å²) in [6.45, 7) is 10.6. The highest BCUT2D eigenvalue weighted by Crippen LogP contribution is 2.32. The van der Waals surface area contributed by atoms with Gasteiger partial charge in [-0.2, -0.15) is 4.31 Å². The molecule has 0 aromatic carbocycles. The quantitative estimate of drug-likeness (QED) is 0.726. The smallest absolute Gasteiger partial charge is 0.219 e. The molecule has 2 aliphatic rings. The summed E-state index contributed by atoms with van der Waals surface area (Å²) >= 11 is 0. The average molecular weight is 278 g/mol. The molecule has 0 saturated carbocycles. The Morgan fingerprint density at radius 3 is 1.83 bits per heavy atom. The van der Waals surface area contributed by atoms with E-state index in [1.807, 2.05) is 27.7 Å². The van der Waals surface area contributed by atoms with E-state index in [1.165, 1.54) is 17.5 Å². The number of sulfonamides is 1. The standard InChI is InChI=1S/C8H14N2O3S.2C2H6/c1-6(11)9-4-8-3-7(9)5-10(8)14(2,12)13;2*1-2/h7-8H,3-5H2,1-2H3;2*1-2H3. The third kappa shape index (κ3) is 3.68. The van der Waals surface area contributed by atoms with Crippen molar-refractivity contribution in [2.24, 2.45) is 0 Å². The van der Waals surface area contributed by atoms with Crippen LogP contribution >= 0.6 is 0 Å². The molecule has 0 N–H and O–H groups in total.